The van der Waals surface area contributed by atoms with Crippen molar-refractivity contribution in [1.29, 1.82) is 0 Å². The van der Waals surface area contributed by atoms with Crippen LogP contribution in [0, 0.1) is 0 Å². The minimum absolute atomic E-state index is 0.118. The van der Waals surface area contributed by atoms with E-state index in [1.165, 1.54) is 12.8 Å². The molecule has 1 aliphatic carbocycles. The Morgan fingerprint density at radius 2 is 2.31 bits per heavy atom. The van der Waals surface area contributed by atoms with Gasteiger partial charge in [-0.05, 0) is 38.8 Å². The Morgan fingerprint density at radius 3 is 2.94 bits per heavy atom. The Hall–Kier alpha value is -1.58. The molecule has 2 N–H and O–H groups in total. The van der Waals surface area contributed by atoms with Crippen molar-refractivity contribution in [2.45, 2.75) is 32.2 Å². The van der Waals surface area contributed by atoms with Gasteiger partial charge in [-0.25, -0.2) is 0 Å². The molecular weight excluding hydrogens is 202 g/mol. The summed E-state index contributed by atoms with van der Waals surface area (Å²) < 4.78 is 0. The summed E-state index contributed by atoms with van der Waals surface area (Å²) in [6, 6.07) is 3.70. The molecule has 2 rings (SSSR count). The van der Waals surface area contributed by atoms with E-state index in [-0.39, 0.29) is 11.4 Å². The predicted molar refractivity (Wildman–Crippen MR) is 63.5 cm³/mol. The van der Waals surface area contributed by atoms with E-state index in [4.69, 9.17) is 0 Å². The molecule has 0 aromatic carbocycles. The molecule has 4 nitrogen and oxygen atoms in total. The second-order valence-corrected chi connectivity index (χ2v) is 4.47. The quantitative estimate of drug-likeness (QED) is 0.811. The SMILES string of the molecule is CCNC(=O)c1cc(NC2(C)CC2)ccn1. The number of hydrogen-bond acceptors (Lipinski definition) is 3. The molecule has 0 aliphatic heterocycles. The van der Waals surface area contributed by atoms with Crippen molar-refractivity contribution in [1.82, 2.24) is 10.3 Å². The first-order chi connectivity index (χ1) is 7.63. The van der Waals surface area contributed by atoms with Crippen molar-refractivity contribution in [2.24, 2.45) is 0 Å². The maximum atomic E-state index is 11.6. The highest BCUT2D eigenvalue weighted by atomic mass is 16.1. The third-order valence-corrected chi connectivity index (χ3v) is 2.78. The summed E-state index contributed by atoms with van der Waals surface area (Å²) in [7, 11) is 0. The lowest BCUT2D eigenvalue weighted by Gasteiger charge is -2.13. The van der Waals surface area contributed by atoms with Crippen LogP contribution in [0.25, 0.3) is 0 Å². The van der Waals surface area contributed by atoms with Crippen LogP contribution in [0.15, 0.2) is 18.3 Å². The first-order valence-corrected chi connectivity index (χ1v) is 5.65. The highest BCUT2D eigenvalue weighted by molar-refractivity contribution is 5.93. The van der Waals surface area contributed by atoms with E-state index in [9.17, 15) is 4.79 Å². The van der Waals surface area contributed by atoms with Gasteiger partial charge in [0.25, 0.3) is 5.91 Å². The summed E-state index contributed by atoms with van der Waals surface area (Å²) in [4.78, 5) is 15.6. The number of nitrogens with one attached hydrogen (secondary N) is 2. The molecule has 4 heteroatoms. The van der Waals surface area contributed by atoms with Gasteiger partial charge in [-0.3, -0.25) is 9.78 Å². The Kier molecular flexibility index (Phi) is 2.81. The molecule has 0 radical (unpaired) electrons. The highest BCUT2D eigenvalue weighted by Crippen LogP contribution is 2.37. The third-order valence-electron chi connectivity index (χ3n) is 2.78. The zero-order chi connectivity index (χ0) is 11.6. The van der Waals surface area contributed by atoms with Crippen LogP contribution in [0.3, 0.4) is 0 Å². The Labute approximate surface area is 95.5 Å². The minimum Gasteiger partial charge on any atom is -0.380 e. The zero-order valence-corrected chi connectivity index (χ0v) is 9.71. The van der Waals surface area contributed by atoms with Gasteiger partial charge >= 0.3 is 0 Å². The van der Waals surface area contributed by atoms with E-state index in [0.717, 1.165) is 5.69 Å². The van der Waals surface area contributed by atoms with Gasteiger partial charge < -0.3 is 10.6 Å². The molecule has 1 aromatic rings. The summed E-state index contributed by atoms with van der Waals surface area (Å²) in [5.74, 6) is -0.118. The summed E-state index contributed by atoms with van der Waals surface area (Å²) in [6.07, 6.45) is 4.04. The van der Waals surface area contributed by atoms with E-state index in [1.807, 2.05) is 13.0 Å². The number of amides is 1. The van der Waals surface area contributed by atoms with Crippen LogP contribution < -0.4 is 10.6 Å². The average Bonchev–Trinajstić information content (AvgIpc) is 2.97. The normalized spacial score (nSPS) is 16.6. The van der Waals surface area contributed by atoms with E-state index >= 15 is 0 Å². The molecule has 1 heterocycles. The maximum absolute atomic E-state index is 11.6. The Bertz CT molecular complexity index is 399. The largest absolute Gasteiger partial charge is 0.380 e. The van der Waals surface area contributed by atoms with Crippen LogP contribution >= 0.6 is 0 Å². The van der Waals surface area contributed by atoms with Crippen LogP contribution in [0.4, 0.5) is 5.69 Å². The molecule has 0 unspecified atom stereocenters. The van der Waals surface area contributed by atoms with Gasteiger partial charge in [0.1, 0.15) is 5.69 Å². The smallest absolute Gasteiger partial charge is 0.269 e. The molecule has 0 spiro atoms. The summed E-state index contributed by atoms with van der Waals surface area (Å²) >= 11 is 0. The molecule has 86 valence electrons. The summed E-state index contributed by atoms with van der Waals surface area (Å²) in [5, 5.41) is 6.15. The monoisotopic (exact) mass is 219 g/mol. The number of nitrogens with zero attached hydrogens (tertiary/aromatic N) is 1. The first kappa shape index (κ1) is 10.9. The lowest BCUT2D eigenvalue weighted by Crippen LogP contribution is -2.24. The molecule has 0 bridgehead atoms. The van der Waals surface area contributed by atoms with Gasteiger partial charge in [0, 0.05) is 24.0 Å². The van der Waals surface area contributed by atoms with Crippen molar-refractivity contribution >= 4 is 11.6 Å². The summed E-state index contributed by atoms with van der Waals surface area (Å²) in [6.45, 7) is 4.69. The molecule has 1 aliphatic rings. The fraction of sp³-hybridized carbons (Fsp3) is 0.500. The first-order valence-electron chi connectivity index (χ1n) is 5.65. The van der Waals surface area contributed by atoms with Crippen molar-refractivity contribution in [3.05, 3.63) is 24.0 Å². The van der Waals surface area contributed by atoms with Crippen molar-refractivity contribution in [3.63, 3.8) is 0 Å². The van der Waals surface area contributed by atoms with E-state index < -0.39 is 0 Å². The number of aromatic nitrogens is 1. The molecule has 1 fully saturated rings. The van der Waals surface area contributed by atoms with Gasteiger partial charge in [0.15, 0.2) is 0 Å². The molecule has 16 heavy (non-hydrogen) atoms. The van der Waals surface area contributed by atoms with Gasteiger partial charge in [0.05, 0.1) is 0 Å². The lowest BCUT2D eigenvalue weighted by atomic mass is 10.2. The second-order valence-electron chi connectivity index (χ2n) is 4.47. The molecule has 1 aromatic heterocycles. The molecular formula is C12H17N3O. The van der Waals surface area contributed by atoms with E-state index in [0.29, 0.717) is 12.2 Å². The van der Waals surface area contributed by atoms with Gasteiger partial charge in [-0.1, -0.05) is 0 Å². The standard InChI is InChI=1S/C12H17N3O/c1-3-13-11(16)10-8-9(4-7-14-10)15-12(2)5-6-12/h4,7-8H,3,5-6H2,1-2H3,(H,13,16)(H,14,15). The van der Waals surface area contributed by atoms with Gasteiger partial charge in [-0.15, -0.1) is 0 Å². The Balaban J connectivity index is 2.09. The number of pyridine rings is 1. The van der Waals surface area contributed by atoms with Crippen molar-refractivity contribution in [2.75, 3.05) is 11.9 Å². The minimum atomic E-state index is -0.118. The highest BCUT2D eigenvalue weighted by Gasteiger charge is 2.37. The van der Waals surface area contributed by atoms with E-state index in [2.05, 4.69) is 22.5 Å². The van der Waals surface area contributed by atoms with Crippen LogP contribution in [-0.4, -0.2) is 23.0 Å². The lowest BCUT2D eigenvalue weighted by molar-refractivity contribution is 0.0951. The van der Waals surface area contributed by atoms with Gasteiger partial charge in [-0.2, -0.15) is 0 Å². The van der Waals surface area contributed by atoms with E-state index in [1.54, 1.807) is 12.3 Å². The fourth-order valence-electron chi connectivity index (χ4n) is 1.54. The number of hydrogen-bond donors (Lipinski definition) is 2. The predicted octanol–water partition coefficient (Wildman–Crippen LogP) is 1.80. The maximum Gasteiger partial charge on any atom is 0.269 e. The molecule has 0 atom stereocenters. The third kappa shape index (κ3) is 2.51. The number of carbonyl (C=O) groups excluding carboxylic acids is 1. The molecule has 1 saturated carbocycles. The number of rotatable bonds is 4. The van der Waals surface area contributed by atoms with Crippen LogP contribution in [0.2, 0.25) is 0 Å². The molecule has 0 saturated heterocycles. The molecule has 1 amide bonds. The van der Waals surface area contributed by atoms with Crippen LogP contribution in [-0.2, 0) is 0 Å². The van der Waals surface area contributed by atoms with Crippen LogP contribution in [0.5, 0.6) is 0 Å². The van der Waals surface area contributed by atoms with Crippen molar-refractivity contribution < 1.29 is 4.79 Å². The fourth-order valence-corrected chi connectivity index (χ4v) is 1.54. The van der Waals surface area contributed by atoms with Crippen molar-refractivity contribution in [3.8, 4) is 0 Å². The van der Waals surface area contributed by atoms with Gasteiger partial charge in [0.2, 0.25) is 0 Å². The second kappa shape index (κ2) is 4.12. The number of carbonyl (C=O) groups is 1. The van der Waals surface area contributed by atoms with Crippen LogP contribution in [0.1, 0.15) is 37.2 Å². The summed E-state index contributed by atoms with van der Waals surface area (Å²) in [5.41, 5.74) is 1.66. The topological polar surface area (TPSA) is 54.0 Å². The number of anilines is 1. The zero-order valence-electron chi connectivity index (χ0n) is 9.71. The average molecular weight is 219 g/mol. The Morgan fingerprint density at radius 1 is 1.56 bits per heavy atom.